The molecule has 8 heteroatoms. The van der Waals surface area contributed by atoms with Crippen molar-refractivity contribution < 1.29 is 9.53 Å². The number of anilines is 1. The minimum Gasteiger partial charge on any atom is -0.437 e. The standard InChI is InChI=1S/C16H20N4O2.2ClH/c1-16(2,3)14(17)15(21)19-11-6-4-7-12(10-11)22-13-8-5-9-18-20-13;;/h4-10,14H,17H2,1-3H3,(H,19,21);2*1H/t14-;;/m1../s1. The van der Waals surface area contributed by atoms with Gasteiger partial charge in [-0.2, -0.15) is 5.10 Å². The van der Waals surface area contributed by atoms with Crippen molar-refractivity contribution >= 4 is 36.4 Å². The van der Waals surface area contributed by atoms with Gasteiger partial charge in [0.05, 0.1) is 6.04 Å². The van der Waals surface area contributed by atoms with Crippen molar-refractivity contribution in [2.75, 3.05) is 5.32 Å². The molecule has 0 aliphatic rings. The zero-order chi connectivity index (χ0) is 16.2. The van der Waals surface area contributed by atoms with E-state index in [0.29, 0.717) is 17.3 Å². The first-order valence-electron chi connectivity index (χ1n) is 6.98. The van der Waals surface area contributed by atoms with E-state index >= 15 is 0 Å². The molecule has 1 amide bonds. The van der Waals surface area contributed by atoms with Crippen molar-refractivity contribution in [3.63, 3.8) is 0 Å². The fourth-order valence-electron chi connectivity index (χ4n) is 1.71. The van der Waals surface area contributed by atoms with Crippen molar-refractivity contribution in [2.24, 2.45) is 11.1 Å². The average Bonchev–Trinajstić information content (AvgIpc) is 2.47. The van der Waals surface area contributed by atoms with Crippen molar-refractivity contribution in [3.8, 4) is 11.6 Å². The predicted octanol–water partition coefficient (Wildman–Crippen LogP) is 3.42. The third-order valence-corrected chi connectivity index (χ3v) is 3.09. The molecule has 0 radical (unpaired) electrons. The molecule has 1 atom stereocenters. The molecule has 1 aromatic heterocycles. The summed E-state index contributed by atoms with van der Waals surface area (Å²) < 4.78 is 5.57. The van der Waals surface area contributed by atoms with Crippen molar-refractivity contribution in [2.45, 2.75) is 26.8 Å². The molecule has 0 saturated carbocycles. The first kappa shape index (κ1) is 22.1. The van der Waals surface area contributed by atoms with Gasteiger partial charge < -0.3 is 15.8 Å². The first-order valence-corrected chi connectivity index (χ1v) is 6.98. The SMILES string of the molecule is CC(C)(C)[C@H](N)C(=O)Nc1cccc(Oc2cccnn2)c1.Cl.Cl. The maximum atomic E-state index is 12.1. The zero-order valence-electron chi connectivity index (χ0n) is 13.7. The molecule has 2 rings (SSSR count). The summed E-state index contributed by atoms with van der Waals surface area (Å²) in [5.74, 6) is 0.712. The van der Waals surface area contributed by atoms with Gasteiger partial charge in [-0.25, -0.2) is 0 Å². The van der Waals surface area contributed by atoms with E-state index in [1.165, 1.54) is 0 Å². The normalized spacial score (nSPS) is 11.5. The van der Waals surface area contributed by atoms with Gasteiger partial charge in [0.15, 0.2) is 0 Å². The molecule has 0 aliphatic heterocycles. The Morgan fingerprint density at radius 2 is 1.92 bits per heavy atom. The lowest BCUT2D eigenvalue weighted by atomic mass is 9.87. The van der Waals surface area contributed by atoms with Gasteiger partial charge in [-0.1, -0.05) is 26.8 Å². The lowest BCUT2D eigenvalue weighted by molar-refractivity contribution is -0.119. The summed E-state index contributed by atoms with van der Waals surface area (Å²) in [6.45, 7) is 5.76. The molecule has 0 fully saturated rings. The number of nitrogens with zero attached hydrogens (tertiary/aromatic N) is 2. The van der Waals surface area contributed by atoms with Gasteiger partial charge >= 0.3 is 0 Å². The number of nitrogens with one attached hydrogen (secondary N) is 1. The number of aromatic nitrogens is 2. The van der Waals surface area contributed by atoms with Gasteiger partial charge in [0.25, 0.3) is 0 Å². The number of rotatable bonds is 4. The number of carbonyl (C=O) groups is 1. The molecule has 6 nitrogen and oxygen atoms in total. The van der Waals surface area contributed by atoms with Crippen LogP contribution in [0.25, 0.3) is 0 Å². The molecule has 2 aromatic rings. The number of ether oxygens (including phenoxy) is 1. The summed E-state index contributed by atoms with van der Waals surface area (Å²) in [4.78, 5) is 12.1. The molecule has 0 spiro atoms. The van der Waals surface area contributed by atoms with Crippen LogP contribution in [0, 0.1) is 5.41 Å². The Hall–Kier alpha value is -1.89. The number of nitrogens with two attached hydrogens (primary N) is 1. The highest BCUT2D eigenvalue weighted by atomic mass is 35.5. The van der Waals surface area contributed by atoms with Crippen LogP contribution in [0.15, 0.2) is 42.6 Å². The van der Waals surface area contributed by atoms with E-state index in [1.54, 1.807) is 42.6 Å². The summed E-state index contributed by atoms with van der Waals surface area (Å²) >= 11 is 0. The molecule has 1 heterocycles. The van der Waals surface area contributed by atoms with Crippen molar-refractivity contribution in [1.82, 2.24) is 10.2 Å². The number of amides is 1. The Labute approximate surface area is 154 Å². The van der Waals surface area contributed by atoms with Gasteiger partial charge in [0.1, 0.15) is 5.75 Å². The first-order chi connectivity index (χ1) is 10.4. The molecule has 3 N–H and O–H groups in total. The second kappa shape index (κ2) is 9.42. The molecule has 132 valence electrons. The summed E-state index contributed by atoms with van der Waals surface area (Å²) in [6.07, 6.45) is 1.57. The molecule has 1 aromatic carbocycles. The Balaban J connectivity index is 0.00000264. The fourth-order valence-corrected chi connectivity index (χ4v) is 1.71. The highest BCUT2D eigenvalue weighted by molar-refractivity contribution is 5.95. The van der Waals surface area contributed by atoms with E-state index in [9.17, 15) is 4.79 Å². The summed E-state index contributed by atoms with van der Waals surface area (Å²) in [7, 11) is 0. The second-order valence-corrected chi connectivity index (χ2v) is 6.02. The molecule has 0 saturated heterocycles. The number of hydrogen-bond acceptors (Lipinski definition) is 5. The highest BCUT2D eigenvalue weighted by Gasteiger charge is 2.27. The molecule has 0 unspecified atom stereocenters. The maximum Gasteiger partial charge on any atom is 0.241 e. The third kappa shape index (κ3) is 6.31. The van der Waals surface area contributed by atoms with Crippen LogP contribution >= 0.6 is 24.8 Å². The fraction of sp³-hybridized carbons (Fsp3) is 0.312. The van der Waals surface area contributed by atoms with Crippen LogP contribution in [0.2, 0.25) is 0 Å². The summed E-state index contributed by atoms with van der Waals surface area (Å²) in [5.41, 5.74) is 6.25. The Kier molecular flexibility index (Phi) is 8.67. The molecule has 24 heavy (non-hydrogen) atoms. The zero-order valence-corrected chi connectivity index (χ0v) is 15.4. The molecule has 0 aliphatic carbocycles. The van der Waals surface area contributed by atoms with Gasteiger partial charge in [0, 0.05) is 24.0 Å². The smallest absolute Gasteiger partial charge is 0.241 e. The summed E-state index contributed by atoms with van der Waals surface area (Å²) in [6, 6.07) is 9.87. The third-order valence-electron chi connectivity index (χ3n) is 3.09. The minimum absolute atomic E-state index is 0. The highest BCUT2D eigenvalue weighted by Crippen LogP contribution is 2.23. The topological polar surface area (TPSA) is 90.1 Å². The Bertz CT molecular complexity index is 648. The van der Waals surface area contributed by atoms with Crippen LogP contribution < -0.4 is 15.8 Å². The van der Waals surface area contributed by atoms with E-state index in [1.807, 2.05) is 20.8 Å². The van der Waals surface area contributed by atoms with Crippen molar-refractivity contribution in [3.05, 3.63) is 42.6 Å². The van der Waals surface area contributed by atoms with E-state index < -0.39 is 6.04 Å². The predicted molar refractivity (Wildman–Crippen MR) is 99.1 cm³/mol. The van der Waals surface area contributed by atoms with Crippen molar-refractivity contribution in [1.29, 1.82) is 0 Å². The minimum atomic E-state index is -0.600. The van der Waals surface area contributed by atoms with E-state index in [-0.39, 0.29) is 36.1 Å². The van der Waals surface area contributed by atoms with Crippen LogP contribution in [-0.2, 0) is 4.79 Å². The Morgan fingerprint density at radius 1 is 1.21 bits per heavy atom. The summed E-state index contributed by atoms with van der Waals surface area (Å²) in [5, 5.41) is 10.4. The average molecular weight is 373 g/mol. The van der Waals surface area contributed by atoms with Gasteiger partial charge in [0.2, 0.25) is 11.8 Å². The lowest BCUT2D eigenvalue weighted by Crippen LogP contribution is -2.45. The van der Waals surface area contributed by atoms with E-state index in [0.717, 1.165) is 0 Å². The monoisotopic (exact) mass is 372 g/mol. The largest absolute Gasteiger partial charge is 0.437 e. The van der Waals surface area contributed by atoms with Gasteiger partial charge in [-0.15, -0.1) is 29.9 Å². The van der Waals surface area contributed by atoms with Gasteiger partial charge in [-0.05, 0) is 23.6 Å². The van der Waals surface area contributed by atoms with Crippen LogP contribution in [-0.4, -0.2) is 22.1 Å². The maximum absolute atomic E-state index is 12.1. The number of benzene rings is 1. The molecule has 0 bridgehead atoms. The van der Waals surface area contributed by atoms with Crippen LogP contribution in [0.1, 0.15) is 20.8 Å². The number of carbonyl (C=O) groups excluding carboxylic acids is 1. The van der Waals surface area contributed by atoms with E-state index in [2.05, 4.69) is 15.5 Å². The Morgan fingerprint density at radius 3 is 2.50 bits per heavy atom. The lowest BCUT2D eigenvalue weighted by Gasteiger charge is -2.25. The van der Waals surface area contributed by atoms with E-state index in [4.69, 9.17) is 10.5 Å². The number of hydrogen-bond donors (Lipinski definition) is 2. The number of halogens is 2. The van der Waals surface area contributed by atoms with Gasteiger partial charge in [-0.3, -0.25) is 4.79 Å². The molecular formula is C16H22Cl2N4O2. The van der Waals surface area contributed by atoms with Crippen LogP contribution in [0.4, 0.5) is 5.69 Å². The quantitative estimate of drug-likeness (QED) is 0.857. The molecular weight excluding hydrogens is 351 g/mol. The van der Waals surface area contributed by atoms with Crippen LogP contribution in [0.5, 0.6) is 11.6 Å². The van der Waals surface area contributed by atoms with Crippen LogP contribution in [0.3, 0.4) is 0 Å². The second-order valence-electron chi connectivity index (χ2n) is 6.02.